The molecule has 0 aromatic carbocycles. The van der Waals surface area contributed by atoms with Gasteiger partial charge < -0.3 is 15.1 Å². The van der Waals surface area contributed by atoms with Crippen molar-refractivity contribution in [1.29, 1.82) is 0 Å². The van der Waals surface area contributed by atoms with Crippen molar-refractivity contribution in [3.05, 3.63) is 11.9 Å². The second-order valence-corrected chi connectivity index (χ2v) is 4.37. The number of anilines is 2. The number of nitrogens with two attached hydrogens (primary N) is 1. The van der Waals surface area contributed by atoms with E-state index >= 15 is 0 Å². The second-order valence-electron chi connectivity index (χ2n) is 3.80. The minimum atomic E-state index is -0.0712. The van der Waals surface area contributed by atoms with E-state index in [9.17, 15) is 0 Å². The average Bonchev–Trinajstić information content (AvgIpc) is 2.38. The third-order valence-electron chi connectivity index (χ3n) is 2.60. The Morgan fingerprint density at radius 3 is 3.12 bits per heavy atom. The van der Waals surface area contributed by atoms with Crippen LogP contribution in [0.3, 0.4) is 0 Å². The summed E-state index contributed by atoms with van der Waals surface area (Å²) in [6.45, 7) is 4.19. The fraction of sp³-hybridized carbons (Fsp3) is 0.600. The Kier molecular flexibility index (Phi) is 4.03. The maximum atomic E-state index is 5.40. The number of hydrogen-bond acceptors (Lipinski definition) is 7. The number of nitrogen functional groups attached to an aromatic ring is 1. The van der Waals surface area contributed by atoms with E-state index in [1.165, 1.54) is 0 Å². The molecular weight excluding hydrogens is 238 g/mol. The number of thiol groups is 1. The van der Waals surface area contributed by atoms with Crippen LogP contribution in [0.1, 0.15) is 12.7 Å². The van der Waals surface area contributed by atoms with Crippen LogP contribution in [-0.2, 0) is 11.2 Å². The molecule has 2 rings (SSSR count). The van der Waals surface area contributed by atoms with Gasteiger partial charge in [0.2, 0.25) is 0 Å². The second kappa shape index (κ2) is 5.52. The molecule has 3 N–H and O–H groups in total. The number of morpholine rings is 1. The number of nitrogens with zero attached hydrogens (tertiary/aromatic N) is 3. The smallest absolute Gasteiger partial charge is 0.145 e. The molecule has 0 aliphatic carbocycles. The van der Waals surface area contributed by atoms with Crippen molar-refractivity contribution in [2.24, 2.45) is 5.84 Å². The van der Waals surface area contributed by atoms with E-state index in [0.717, 1.165) is 24.6 Å². The van der Waals surface area contributed by atoms with E-state index < -0.39 is 0 Å². The lowest BCUT2D eigenvalue weighted by atomic mass is 10.3. The summed E-state index contributed by atoms with van der Waals surface area (Å²) in [4.78, 5) is 10.9. The Morgan fingerprint density at radius 2 is 2.47 bits per heavy atom. The number of ether oxygens (including phenoxy) is 1. The van der Waals surface area contributed by atoms with Crippen LogP contribution in [0.4, 0.5) is 11.6 Å². The minimum Gasteiger partial charge on any atom is -0.364 e. The van der Waals surface area contributed by atoms with Gasteiger partial charge in [-0.25, -0.2) is 15.8 Å². The summed E-state index contributed by atoms with van der Waals surface area (Å²) in [6, 6.07) is 1.84. The topological polar surface area (TPSA) is 76.3 Å². The van der Waals surface area contributed by atoms with Gasteiger partial charge in [0.15, 0.2) is 0 Å². The summed E-state index contributed by atoms with van der Waals surface area (Å²) in [6.07, 6.45) is 0.775. The molecule has 2 heterocycles. The Balaban J connectivity index is 2.23. The standard InChI is InChI=1S/C10H17N5OS/c1-2-7-12-8(14-11)5-9(13-7)15-3-4-16-10(17)6-15/h5,10,17H,2-4,6,11H2,1H3,(H,12,13,14). The van der Waals surface area contributed by atoms with Gasteiger partial charge in [0.25, 0.3) is 0 Å². The van der Waals surface area contributed by atoms with Crippen molar-refractivity contribution < 1.29 is 4.74 Å². The van der Waals surface area contributed by atoms with E-state index in [1.807, 2.05) is 13.0 Å². The van der Waals surface area contributed by atoms with Crippen molar-refractivity contribution in [2.45, 2.75) is 18.8 Å². The van der Waals surface area contributed by atoms with Crippen molar-refractivity contribution >= 4 is 24.3 Å². The molecule has 1 fully saturated rings. The summed E-state index contributed by atoms with van der Waals surface area (Å²) >= 11 is 4.32. The van der Waals surface area contributed by atoms with Gasteiger partial charge in [0.1, 0.15) is 22.9 Å². The molecule has 0 amide bonds. The molecule has 7 heteroatoms. The predicted octanol–water partition coefficient (Wildman–Crippen LogP) is 0.417. The van der Waals surface area contributed by atoms with Gasteiger partial charge in [-0.05, 0) is 0 Å². The highest BCUT2D eigenvalue weighted by Gasteiger charge is 2.19. The maximum absolute atomic E-state index is 5.40. The number of aryl methyl sites for hydroxylation is 1. The molecule has 1 saturated heterocycles. The van der Waals surface area contributed by atoms with Gasteiger partial charge in [0.05, 0.1) is 13.2 Å². The average molecular weight is 255 g/mol. The van der Waals surface area contributed by atoms with Gasteiger partial charge in [-0.15, -0.1) is 12.6 Å². The van der Waals surface area contributed by atoms with Gasteiger partial charge in [0, 0.05) is 19.0 Å². The SMILES string of the molecule is CCc1nc(NN)cc(N2CCOC(S)C2)n1. The zero-order valence-electron chi connectivity index (χ0n) is 9.76. The number of hydrazine groups is 1. The maximum Gasteiger partial charge on any atom is 0.145 e. The Labute approximate surface area is 106 Å². The minimum absolute atomic E-state index is 0.0712. The van der Waals surface area contributed by atoms with Crippen molar-refractivity contribution in [3.63, 3.8) is 0 Å². The lowest BCUT2D eigenvalue weighted by molar-refractivity contribution is 0.0993. The van der Waals surface area contributed by atoms with Crippen LogP contribution in [-0.4, -0.2) is 35.1 Å². The number of rotatable bonds is 3. The van der Waals surface area contributed by atoms with Crippen molar-refractivity contribution in [2.75, 3.05) is 30.0 Å². The summed E-state index contributed by atoms with van der Waals surface area (Å²) in [5, 5.41) is 0. The predicted molar refractivity (Wildman–Crippen MR) is 70.2 cm³/mol. The van der Waals surface area contributed by atoms with Crippen LogP contribution >= 0.6 is 12.6 Å². The molecule has 1 aliphatic heterocycles. The molecule has 94 valence electrons. The lowest BCUT2D eigenvalue weighted by Crippen LogP contribution is -2.40. The van der Waals surface area contributed by atoms with Gasteiger partial charge in [-0.1, -0.05) is 6.92 Å². The van der Waals surface area contributed by atoms with Crippen LogP contribution in [0.15, 0.2) is 6.07 Å². The van der Waals surface area contributed by atoms with E-state index in [1.54, 1.807) is 0 Å². The van der Waals surface area contributed by atoms with Crippen molar-refractivity contribution in [1.82, 2.24) is 9.97 Å². The highest BCUT2D eigenvalue weighted by Crippen LogP contribution is 2.19. The van der Waals surface area contributed by atoms with Crippen LogP contribution in [0.5, 0.6) is 0 Å². The molecule has 17 heavy (non-hydrogen) atoms. The van der Waals surface area contributed by atoms with Gasteiger partial charge >= 0.3 is 0 Å². The quantitative estimate of drug-likeness (QED) is 0.413. The summed E-state index contributed by atoms with van der Waals surface area (Å²) in [5.74, 6) is 7.68. The third-order valence-corrected chi connectivity index (χ3v) is 2.91. The van der Waals surface area contributed by atoms with Crippen molar-refractivity contribution in [3.8, 4) is 0 Å². The number of hydrogen-bond donors (Lipinski definition) is 3. The summed E-state index contributed by atoms with van der Waals surface area (Å²) in [5.41, 5.74) is 2.49. The van der Waals surface area contributed by atoms with E-state index in [2.05, 4.69) is 32.9 Å². The first-order valence-corrected chi connectivity index (χ1v) is 6.13. The van der Waals surface area contributed by atoms with Crippen LogP contribution in [0, 0.1) is 0 Å². The monoisotopic (exact) mass is 255 g/mol. The molecule has 1 aliphatic rings. The molecule has 1 aromatic heterocycles. The molecule has 6 nitrogen and oxygen atoms in total. The lowest BCUT2D eigenvalue weighted by Gasteiger charge is -2.31. The van der Waals surface area contributed by atoms with Crippen LogP contribution < -0.4 is 16.2 Å². The van der Waals surface area contributed by atoms with Gasteiger partial charge in [-0.2, -0.15) is 0 Å². The molecule has 0 bridgehead atoms. The van der Waals surface area contributed by atoms with Crippen LogP contribution in [0.25, 0.3) is 0 Å². The molecular formula is C10H17N5OS. The Morgan fingerprint density at radius 1 is 1.65 bits per heavy atom. The number of aromatic nitrogens is 2. The highest BCUT2D eigenvalue weighted by molar-refractivity contribution is 7.80. The molecule has 0 saturated carbocycles. The first-order valence-electron chi connectivity index (χ1n) is 5.62. The molecule has 0 radical (unpaired) electrons. The third kappa shape index (κ3) is 2.99. The fourth-order valence-corrected chi connectivity index (χ4v) is 2.02. The largest absolute Gasteiger partial charge is 0.364 e. The summed E-state index contributed by atoms with van der Waals surface area (Å²) < 4.78 is 5.38. The van der Waals surface area contributed by atoms with E-state index in [4.69, 9.17) is 10.6 Å². The summed E-state index contributed by atoms with van der Waals surface area (Å²) in [7, 11) is 0. The Hall–Kier alpha value is -1.05. The number of nitrogens with one attached hydrogen (secondary N) is 1. The first-order chi connectivity index (χ1) is 8.22. The van der Waals surface area contributed by atoms with E-state index in [-0.39, 0.29) is 5.44 Å². The highest BCUT2D eigenvalue weighted by atomic mass is 32.1. The zero-order valence-corrected chi connectivity index (χ0v) is 10.7. The Bertz CT molecular complexity index is 367. The van der Waals surface area contributed by atoms with Gasteiger partial charge in [-0.3, -0.25) is 0 Å². The fourth-order valence-electron chi connectivity index (χ4n) is 1.72. The zero-order chi connectivity index (χ0) is 12.3. The first kappa shape index (κ1) is 12.4. The molecule has 1 unspecified atom stereocenters. The molecule has 1 atom stereocenters. The van der Waals surface area contributed by atoms with Crippen LogP contribution in [0.2, 0.25) is 0 Å². The molecule has 1 aromatic rings. The molecule has 0 spiro atoms. The normalized spacial score (nSPS) is 20.4. The van der Waals surface area contributed by atoms with E-state index in [0.29, 0.717) is 19.0 Å².